The summed E-state index contributed by atoms with van der Waals surface area (Å²) in [7, 11) is 1.66. The number of thioether (sulfide) groups is 1. The topological polar surface area (TPSA) is 66.0 Å². The lowest BCUT2D eigenvalue weighted by Gasteiger charge is -2.04. The van der Waals surface area contributed by atoms with Crippen LogP contribution in [0.25, 0.3) is 11.4 Å². The van der Waals surface area contributed by atoms with Gasteiger partial charge in [0.05, 0.1) is 7.11 Å². The molecule has 0 unspecified atom stereocenters. The summed E-state index contributed by atoms with van der Waals surface area (Å²) in [6.07, 6.45) is 0. The van der Waals surface area contributed by atoms with Crippen LogP contribution in [-0.4, -0.2) is 22.0 Å². The molecule has 1 aromatic heterocycles. The molecule has 5 nitrogen and oxygen atoms in total. The minimum absolute atomic E-state index is 0.665. The van der Waals surface area contributed by atoms with E-state index in [0.29, 0.717) is 11.0 Å². The van der Waals surface area contributed by atoms with Crippen LogP contribution in [0.15, 0.2) is 59.8 Å². The van der Waals surface area contributed by atoms with E-state index >= 15 is 0 Å². The van der Waals surface area contributed by atoms with Gasteiger partial charge in [-0.05, 0) is 17.7 Å². The van der Waals surface area contributed by atoms with Gasteiger partial charge >= 0.3 is 0 Å². The molecule has 0 saturated heterocycles. The van der Waals surface area contributed by atoms with Crippen molar-refractivity contribution in [3.8, 4) is 17.1 Å². The van der Waals surface area contributed by atoms with Gasteiger partial charge in [-0.15, -0.1) is 10.2 Å². The van der Waals surface area contributed by atoms with Crippen molar-refractivity contribution in [3.05, 3.63) is 60.2 Å². The van der Waals surface area contributed by atoms with Crippen LogP contribution in [0, 0.1) is 0 Å². The highest BCUT2D eigenvalue weighted by Gasteiger charge is 2.11. The average molecular weight is 312 g/mol. The number of methoxy groups -OCH3 is 1. The van der Waals surface area contributed by atoms with E-state index in [2.05, 4.69) is 10.2 Å². The molecule has 0 aliphatic rings. The third-order valence-corrected chi connectivity index (χ3v) is 4.24. The van der Waals surface area contributed by atoms with Crippen molar-refractivity contribution >= 4 is 11.8 Å². The summed E-state index contributed by atoms with van der Waals surface area (Å²) in [4.78, 5) is 0. The molecule has 0 aliphatic carbocycles. The van der Waals surface area contributed by atoms with Gasteiger partial charge in [-0.1, -0.05) is 54.2 Å². The number of rotatable bonds is 5. The Morgan fingerprint density at radius 1 is 1.05 bits per heavy atom. The van der Waals surface area contributed by atoms with Gasteiger partial charge in [0, 0.05) is 11.3 Å². The maximum Gasteiger partial charge on any atom is 0.210 e. The van der Waals surface area contributed by atoms with Crippen molar-refractivity contribution in [2.75, 3.05) is 13.0 Å². The van der Waals surface area contributed by atoms with E-state index < -0.39 is 0 Å². The third kappa shape index (κ3) is 3.07. The average Bonchev–Trinajstić information content (AvgIpc) is 2.95. The van der Waals surface area contributed by atoms with Gasteiger partial charge in [-0.3, -0.25) is 0 Å². The van der Waals surface area contributed by atoms with E-state index in [4.69, 9.17) is 10.6 Å². The molecule has 0 amide bonds. The lowest BCUT2D eigenvalue weighted by Crippen LogP contribution is -2.11. The van der Waals surface area contributed by atoms with Gasteiger partial charge in [-0.25, -0.2) is 4.68 Å². The molecule has 0 radical (unpaired) electrons. The first-order valence-corrected chi connectivity index (χ1v) is 7.78. The minimum atomic E-state index is 0.665. The lowest BCUT2D eigenvalue weighted by molar-refractivity contribution is 0.414. The summed E-state index contributed by atoms with van der Waals surface area (Å²) in [5, 5.41) is 9.03. The molecule has 22 heavy (non-hydrogen) atoms. The number of nitrogens with two attached hydrogens (primary N) is 1. The Kier molecular flexibility index (Phi) is 4.29. The maximum absolute atomic E-state index is 6.10. The Hall–Kier alpha value is -2.47. The summed E-state index contributed by atoms with van der Waals surface area (Å²) in [5.41, 5.74) is 2.13. The standard InChI is InChI=1S/C16H16N4OS/c1-21-14-9-7-12(8-10-14)11-22-16-19-18-15(20(16)17)13-5-3-2-4-6-13/h2-10H,11,17H2,1H3. The van der Waals surface area contributed by atoms with Crippen LogP contribution < -0.4 is 10.6 Å². The molecule has 0 atom stereocenters. The van der Waals surface area contributed by atoms with E-state index in [0.717, 1.165) is 17.1 Å². The van der Waals surface area contributed by atoms with Gasteiger partial charge in [-0.2, -0.15) is 0 Å². The molecular formula is C16H16N4OS. The second-order valence-corrected chi connectivity index (χ2v) is 5.62. The quantitative estimate of drug-likeness (QED) is 0.579. The number of benzene rings is 2. The molecule has 6 heteroatoms. The molecule has 1 heterocycles. The van der Waals surface area contributed by atoms with Crippen LogP contribution in [-0.2, 0) is 5.75 Å². The molecule has 0 spiro atoms. The molecule has 2 N–H and O–H groups in total. The summed E-state index contributed by atoms with van der Waals surface area (Å²) >= 11 is 1.55. The van der Waals surface area contributed by atoms with E-state index in [1.165, 1.54) is 10.2 Å². The van der Waals surface area contributed by atoms with E-state index in [-0.39, 0.29) is 0 Å². The largest absolute Gasteiger partial charge is 0.497 e. The Bertz CT molecular complexity index is 741. The zero-order valence-corrected chi connectivity index (χ0v) is 13.0. The fraction of sp³-hybridized carbons (Fsp3) is 0.125. The van der Waals surface area contributed by atoms with Gasteiger partial charge in [0.25, 0.3) is 0 Å². The third-order valence-electron chi connectivity index (χ3n) is 3.22. The first-order valence-electron chi connectivity index (χ1n) is 6.79. The molecular weight excluding hydrogens is 296 g/mol. The monoisotopic (exact) mass is 312 g/mol. The molecule has 0 saturated carbocycles. The Morgan fingerprint density at radius 2 is 1.77 bits per heavy atom. The van der Waals surface area contributed by atoms with Crippen LogP contribution in [0.1, 0.15) is 5.56 Å². The summed E-state index contributed by atoms with van der Waals surface area (Å²) in [5.74, 6) is 8.38. The Morgan fingerprint density at radius 3 is 2.45 bits per heavy atom. The van der Waals surface area contributed by atoms with Crippen molar-refractivity contribution in [1.82, 2.24) is 14.9 Å². The predicted octanol–water partition coefficient (Wildman–Crippen LogP) is 2.96. The molecule has 0 bridgehead atoms. The van der Waals surface area contributed by atoms with Gasteiger partial charge in [0.1, 0.15) is 5.75 Å². The van der Waals surface area contributed by atoms with Gasteiger partial charge in [0.15, 0.2) is 5.82 Å². The smallest absolute Gasteiger partial charge is 0.210 e. The Balaban J connectivity index is 1.72. The van der Waals surface area contributed by atoms with Crippen LogP contribution >= 0.6 is 11.8 Å². The summed E-state index contributed by atoms with van der Waals surface area (Å²) in [6, 6.07) is 17.7. The zero-order valence-electron chi connectivity index (χ0n) is 12.1. The lowest BCUT2D eigenvalue weighted by atomic mass is 10.2. The predicted molar refractivity (Wildman–Crippen MR) is 88.2 cm³/mol. The number of nitrogens with zero attached hydrogens (tertiary/aromatic N) is 3. The molecule has 2 aromatic carbocycles. The highest BCUT2D eigenvalue weighted by atomic mass is 32.2. The number of hydrogen-bond acceptors (Lipinski definition) is 5. The number of aromatic nitrogens is 3. The SMILES string of the molecule is COc1ccc(CSc2nnc(-c3ccccc3)n2N)cc1. The van der Waals surface area contributed by atoms with E-state index in [9.17, 15) is 0 Å². The number of hydrogen-bond donors (Lipinski definition) is 1. The van der Waals surface area contributed by atoms with Crippen molar-refractivity contribution in [2.24, 2.45) is 0 Å². The molecule has 3 aromatic rings. The van der Waals surface area contributed by atoms with Crippen LogP contribution in [0.3, 0.4) is 0 Å². The van der Waals surface area contributed by atoms with Crippen molar-refractivity contribution in [3.63, 3.8) is 0 Å². The second kappa shape index (κ2) is 6.53. The molecule has 3 rings (SSSR count). The number of nitrogen functional groups attached to an aromatic ring is 1. The highest BCUT2D eigenvalue weighted by Crippen LogP contribution is 2.24. The normalized spacial score (nSPS) is 10.6. The van der Waals surface area contributed by atoms with Crippen LogP contribution in [0.4, 0.5) is 0 Å². The van der Waals surface area contributed by atoms with Crippen molar-refractivity contribution < 1.29 is 4.74 Å². The number of ether oxygens (including phenoxy) is 1. The molecule has 0 fully saturated rings. The molecule has 112 valence electrons. The fourth-order valence-corrected chi connectivity index (χ4v) is 2.84. The van der Waals surface area contributed by atoms with Crippen molar-refractivity contribution in [2.45, 2.75) is 10.9 Å². The second-order valence-electron chi connectivity index (χ2n) is 4.68. The summed E-state index contributed by atoms with van der Waals surface area (Å²) < 4.78 is 6.68. The fourth-order valence-electron chi connectivity index (χ4n) is 2.03. The van der Waals surface area contributed by atoms with Crippen LogP contribution in [0.2, 0.25) is 0 Å². The van der Waals surface area contributed by atoms with Crippen molar-refractivity contribution in [1.29, 1.82) is 0 Å². The minimum Gasteiger partial charge on any atom is -0.497 e. The van der Waals surface area contributed by atoms with Gasteiger partial charge in [0.2, 0.25) is 5.16 Å². The molecule has 0 aliphatic heterocycles. The summed E-state index contributed by atoms with van der Waals surface area (Å²) in [6.45, 7) is 0. The van der Waals surface area contributed by atoms with E-state index in [1.54, 1.807) is 18.9 Å². The Labute approximate surface area is 133 Å². The van der Waals surface area contributed by atoms with E-state index in [1.807, 2.05) is 54.6 Å². The highest BCUT2D eigenvalue weighted by molar-refractivity contribution is 7.98. The maximum atomic E-state index is 6.10. The first-order chi connectivity index (χ1) is 10.8. The van der Waals surface area contributed by atoms with Crippen LogP contribution in [0.5, 0.6) is 5.75 Å². The zero-order chi connectivity index (χ0) is 15.4. The van der Waals surface area contributed by atoms with Gasteiger partial charge < -0.3 is 10.6 Å². The first kappa shape index (κ1) is 14.5.